The summed E-state index contributed by atoms with van der Waals surface area (Å²) in [5.74, 6) is 0.899. The van der Waals surface area contributed by atoms with Crippen LogP contribution in [0.2, 0.25) is 0 Å². The van der Waals surface area contributed by atoms with Gasteiger partial charge in [-0.2, -0.15) is 0 Å². The van der Waals surface area contributed by atoms with Gasteiger partial charge in [0.25, 0.3) is 0 Å². The molecule has 0 fully saturated rings. The molecule has 1 aromatic carbocycles. The predicted molar refractivity (Wildman–Crippen MR) is 82.4 cm³/mol. The van der Waals surface area contributed by atoms with Gasteiger partial charge in [-0.1, -0.05) is 45.4 Å². The van der Waals surface area contributed by atoms with Crippen molar-refractivity contribution in [3.05, 3.63) is 28.8 Å². The van der Waals surface area contributed by atoms with Gasteiger partial charge in [0.15, 0.2) is 0 Å². The molecule has 0 heterocycles. The molecule has 0 aliphatic heterocycles. The third kappa shape index (κ3) is 4.22. The van der Waals surface area contributed by atoms with Gasteiger partial charge in [0.1, 0.15) is 5.75 Å². The first-order valence-electron chi connectivity index (χ1n) is 7.23. The number of aliphatic hydroxyl groups excluding tert-OH is 1. The van der Waals surface area contributed by atoms with Crippen molar-refractivity contribution in [1.82, 2.24) is 0 Å². The highest BCUT2D eigenvalue weighted by atomic mass is 16.5. The van der Waals surface area contributed by atoms with Gasteiger partial charge in [0.05, 0.1) is 26.4 Å². The van der Waals surface area contributed by atoms with Crippen LogP contribution in [0.25, 0.3) is 0 Å². The highest BCUT2D eigenvalue weighted by Gasteiger charge is 2.22. The Hall–Kier alpha value is -1.06. The molecule has 1 atom stereocenters. The smallest absolute Gasteiger partial charge is 0.128 e. The Morgan fingerprint density at radius 2 is 1.90 bits per heavy atom. The average molecular weight is 280 g/mol. The molecular weight excluding hydrogens is 252 g/mol. The number of methoxy groups -OCH3 is 1. The van der Waals surface area contributed by atoms with E-state index in [0.717, 1.165) is 17.7 Å². The van der Waals surface area contributed by atoms with Crippen LogP contribution in [-0.4, -0.2) is 24.9 Å². The minimum atomic E-state index is -0.113. The number of aryl methyl sites for hydroxylation is 1. The highest BCUT2D eigenvalue weighted by molar-refractivity contribution is 5.47. The minimum Gasteiger partial charge on any atom is -0.496 e. The summed E-state index contributed by atoms with van der Waals surface area (Å²) in [6.45, 7) is 11.1. The molecule has 0 saturated carbocycles. The molecule has 0 spiro atoms. The van der Waals surface area contributed by atoms with Crippen LogP contribution in [0.1, 0.15) is 50.8 Å². The fourth-order valence-electron chi connectivity index (χ4n) is 2.26. The second kappa shape index (κ2) is 7.09. The van der Waals surface area contributed by atoms with E-state index in [4.69, 9.17) is 9.47 Å². The Morgan fingerprint density at radius 3 is 2.35 bits per heavy atom. The second-order valence-corrected chi connectivity index (χ2v) is 6.28. The van der Waals surface area contributed by atoms with Gasteiger partial charge >= 0.3 is 0 Å². The summed E-state index contributed by atoms with van der Waals surface area (Å²) < 4.78 is 11.4. The summed E-state index contributed by atoms with van der Waals surface area (Å²) in [6.07, 6.45) is 0.690. The number of aliphatic hydroxyl groups is 1. The highest BCUT2D eigenvalue weighted by Crippen LogP contribution is 2.35. The Kier molecular flexibility index (Phi) is 6.03. The van der Waals surface area contributed by atoms with Crippen molar-refractivity contribution in [1.29, 1.82) is 0 Å². The van der Waals surface area contributed by atoms with E-state index < -0.39 is 0 Å². The first kappa shape index (κ1) is 17.0. The molecule has 114 valence electrons. The fraction of sp³-hybridized carbons (Fsp3) is 0.647. The minimum absolute atomic E-state index is 0.0211. The van der Waals surface area contributed by atoms with E-state index in [0.29, 0.717) is 6.61 Å². The lowest BCUT2D eigenvalue weighted by atomic mass is 9.84. The van der Waals surface area contributed by atoms with E-state index in [9.17, 15) is 5.11 Å². The monoisotopic (exact) mass is 280 g/mol. The molecule has 1 unspecified atom stereocenters. The van der Waals surface area contributed by atoms with Crippen molar-refractivity contribution in [2.45, 2.75) is 59.2 Å². The maximum Gasteiger partial charge on any atom is 0.128 e. The van der Waals surface area contributed by atoms with Crippen molar-refractivity contribution >= 4 is 0 Å². The maximum atomic E-state index is 9.21. The molecule has 0 amide bonds. The standard InChI is InChI=1S/C17H28O3/c1-7-14(10-18)20-11-13-8-12(2)9-15(16(13)19-6)17(3,4)5/h8-9,14,18H,7,10-11H2,1-6H3. The first-order chi connectivity index (χ1) is 9.33. The van der Waals surface area contributed by atoms with E-state index in [1.165, 1.54) is 11.1 Å². The van der Waals surface area contributed by atoms with Gasteiger partial charge in [-0.3, -0.25) is 0 Å². The van der Waals surface area contributed by atoms with E-state index in [-0.39, 0.29) is 18.1 Å². The second-order valence-electron chi connectivity index (χ2n) is 6.28. The van der Waals surface area contributed by atoms with Crippen LogP contribution in [-0.2, 0) is 16.8 Å². The summed E-state index contributed by atoms with van der Waals surface area (Å²) in [4.78, 5) is 0. The molecule has 0 radical (unpaired) electrons. The Labute approximate surface area is 122 Å². The van der Waals surface area contributed by atoms with Crippen LogP contribution < -0.4 is 4.74 Å². The number of hydrogen-bond acceptors (Lipinski definition) is 3. The molecule has 1 aromatic rings. The lowest BCUT2D eigenvalue weighted by molar-refractivity contribution is 0.00000418. The average Bonchev–Trinajstić information content (AvgIpc) is 2.38. The maximum absolute atomic E-state index is 9.21. The van der Waals surface area contributed by atoms with Crippen LogP contribution >= 0.6 is 0 Å². The quantitative estimate of drug-likeness (QED) is 0.865. The predicted octanol–water partition coefficient (Wildman–Crippen LogP) is 3.59. The van der Waals surface area contributed by atoms with Gasteiger partial charge < -0.3 is 14.6 Å². The van der Waals surface area contributed by atoms with Crippen LogP contribution in [0, 0.1) is 6.92 Å². The molecule has 0 bridgehead atoms. The molecule has 0 aliphatic carbocycles. The van der Waals surface area contributed by atoms with E-state index in [1.54, 1.807) is 7.11 Å². The summed E-state index contributed by atoms with van der Waals surface area (Å²) >= 11 is 0. The topological polar surface area (TPSA) is 38.7 Å². The number of ether oxygens (including phenoxy) is 2. The van der Waals surface area contributed by atoms with Crippen LogP contribution in [0.4, 0.5) is 0 Å². The van der Waals surface area contributed by atoms with Gasteiger partial charge in [-0.25, -0.2) is 0 Å². The molecule has 0 aromatic heterocycles. The third-order valence-corrected chi connectivity index (χ3v) is 3.46. The van der Waals surface area contributed by atoms with Crippen molar-refractivity contribution in [2.24, 2.45) is 0 Å². The first-order valence-corrected chi connectivity index (χ1v) is 7.23. The van der Waals surface area contributed by atoms with Gasteiger partial charge in [-0.05, 0) is 18.8 Å². The van der Waals surface area contributed by atoms with Gasteiger partial charge in [0, 0.05) is 11.1 Å². The van der Waals surface area contributed by atoms with Crippen molar-refractivity contribution in [3.63, 3.8) is 0 Å². The summed E-state index contributed by atoms with van der Waals surface area (Å²) in [7, 11) is 1.70. The normalized spacial score (nSPS) is 13.3. The zero-order valence-corrected chi connectivity index (χ0v) is 13.6. The molecule has 0 saturated heterocycles. The third-order valence-electron chi connectivity index (χ3n) is 3.46. The zero-order valence-electron chi connectivity index (χ0n) is 13.6. The molecule has 1 rings (SSSR count). The largest absolute Gasteiger partial charge is 0.496 e. The van der Waals surface area contributed by atoms with Crippen LogP contribution in [0.15, 0.2) is 12.1 Å². The summed E-state index contributed by atoms with van der Waals surface area (Å²) in [5.41, 5.74) is 3.46. The molecule has 3 nitrogen and oxygen atoms in total. The van der Waals surface area contributed by atoms with Crippen LogP contribution in [0.5, 0.6) is 5.75 Å². The SMILES string of the molecule is CCC(CO)OCc1cc(C)cc(C(C)(C)C)c1OC. The molecular formula is C17H28O3. The lowest BCUT2D eigenvalue weighted by Gasteiger charge is -2.25. The van der Waals surface area contributed by atoms with E-state index >= 15 is 0 Å². The van der Waals surface area contributed by atoms with Crippen molar-refractivity contribution < 1.29 is 14.6 Å². The summed E-state index contributed by atoms with van der Waals surface area (Å²) in [6, 6.07) is 4.27. The van der Waals surface area contributed by atoms with E-state index in [1.807, 2.05) is 6.92 Å². The molecule has 20 heavy (non-hydrogen) atoms. The fourth-order valence-corrected chi connectivity index (χ4v) is 2.26. The van der Waals surface area contributed by atoms with Crippen molar-refractivity contribution in [2.75, 3.05) is 13.7 Å². The Morgan fingerprint density at radius 1 is 1.25 bits per heavy atom. The van der Waals surface area contributed by atoms with Gasteiger partial charge in [-0.15, -0.1) is 0 Å². The van der Waals surface area contributed by atoms with Gasteiger partial charge in [0.2, 0.25) is 0 Å². The van der Waals surface area contributed by atoms with Crippen LogP contribution in [0.3, 0.4) is 0 Å². The summed E-state index contributed by atoms with van der Waals surface area (Å²) in [5, 5.41) is 9.21. The number of hydrogen-bond donors (Lipinski definition) is 1. The van der Waals surface area contributed by atoms with E-state index in [2.05, 4.69) is 39.8 Å². The molecule has 3 heteroatoms. The zero-order chi connectivity index (χ0) is 15.3. The lowest BCUT2D eigenvalue weighted by Crippen LogP contribution is -2.18. The van der Waals surface area contributed by atoms with Crippen molar-refractivity contribution in [3.8, 4) is 5.75 Å². The molecule has 0 aliphatic rings. The number of rotatable bonds is 6. The Bertz CT molecular complexity index is 429. The molecule has 1 N–H and O–H groups in total. The Balaban J connectivity index is 3.09. The number of benzene rings is 1.